The van der Waals surface area contributed by atoms with Crippen LogP contribution in [0.5, 0.6) is 11.5 Å². The number of carbonyl (C=O) groups excluding carboxylic acids is 1. The molecule has 2 aliphatic heterocycles. The molecule has 2 amide bonds. The maximum atomic E-state index is 11.9. The molecule has 2 heterocycles. The largest absolute Gasteiger partial charge is 0.490 e. The van der Waals surface area contributed by atoms with Crippen LogP contribution in [0.25, 0.3) is 0 Å². The fourth-order valence-electron chi connectivity index (χ4n) is 2.43. The van der Waals surface area contributed by atoms with Crippen LogP contribution in [0.1, 0.15) is 19.3 Å². The highest BCUT2D eigenvalue weighted by molar-refractivity contribution is 5.89. The van der Waals surface area contributed by atoms with Crippen LogP contribution in [-0.4, -0.2) is 38.5 Å². The maximum absolute atomic E-state index is 11.9. The number of anilines is 1. The van der Waals surface area contributed by atoms with Gasteiger partial charge in [0.05, 0.1) is 19.3 Å². The van der Waals surface area contributed by atoms with Crippen LogP contribution in [0.2, 0.25) is 0 Å². The van der Waals surface area contributed by atoms with E-state index in [-0.39, 0.29) is 12.1 Å². The average molecular weight is 292 g/mol. The summed E-state index contributed by atoms with van der Waals surface area (Å²) in [7, 11) is 0. The number of hydrogen-bond donors (Lipinski definition) is 2. The van der Waals surface area contributed by atoms with Crippen LogP contribution in [-0.2, 0) is 4.74 Å². The molecule has 1 saturated heterocycles. The van der Waals surface area contributed by atoms with Gasteiger partial charge in [0.15, 0.2) is 11.5 Å². The first-order valence-corrected chi connectivity index (χ1v) is 7.37. The van der Waals surface area contributed by atoms with E-state index in [4.69, 9.17) is 14.2 Å². The maximum Gasteiger partial charge on any atom is 0.319 e. The topological polar surface area (TPSA) is 68.8 Å². The highest BCUT2D eigenvalue weighted by atomic mass is 16.5. The molecule has 0 spiro atoms. The van der Waals surface area contributed by atoms with E-state index in [0.29, 0.717) is 31.2 Å². The Kier molecular flexibility index (Phi) is 4.45. The van der Waals surface area contributed by atoms with Crippen molar-refractivity contribution in [2.75, 3.05) is 31.7 Å². The summed E-state index contributed by atoms with van der Waals surface area (Å²) in [4.78, 5) is 11.9. The van der Waals surface area contributed by atoms with Gasteiger partial charge in [0.2, 0.25) is 0 Å². The molecule has 2 aliphatic rings. The number of hydrogen-bond acceptors (Lipinski definition) is 4. The molecular formula is C15H20N2O4. The predicted octanol–water partition coefficient (Wildman–Crippen LogP) is 2.15. The minimum Gasteiger partial charge on any atom is -0.490 e. The highest BCUT2D eigenvalue weighted by Crippen LogP contribution is 2.32. The van der Waals surface area contributed by atoms with Crippen LogP contribution in [0.3, 0.4) is 0 Å². The van der Waals surface area contributed by atoms with Crippen molar-refractivity contribution in [3.05, 3.63) is 18.2 Å². The Labute approximate surface area is 123 Å². The van der Waals surface area contributed by atoms with Crippen LogP contribution >= 0.6 is 0 Å². The first-order valence-electron chi connectivity index (χ1n) is 7.37. The number of benzene rings is 1. The van der Waals surface area contributed by atoms with E-state index in [9.17, 15) is 4.79 Å². The SMILES string of the molecule is O=C(NCC1CCCO1)Nc1ccc2c(c1)OCCCO2. The Bertz CT molecular complexity index is 500. The fourth-order valence-corrected chi connectivity index (χ4v) is 2.43. The number of amides is 2. The smallest absolute Gasteiger partial charge is 0.319 e. The fraction of sp³-hybridized carbons (Fsp3) is 0.533. The minimum atomic E-state index is -0.236. The molecule has 0 aromatic heterocycles. The summed E-state index contributed by atoms with van der Waals surface area (Å²) in [6.45, 7) is 2.61. The summed E-state index contributed by atoms with van der Waals surface area (Å²) in [5.74, 6) is 1.39. The second-order valence-corrected chi connectivity index (χ2v) is 5.18. The van der Waals surface area contributed by atoms with Gasteiger partial charge in [-0.05, 0) is 25.0 Å². The first-order chi connectivity index (χ1) is 10.3. The van der Waals surface area contributed by atoms with Crippen LogP contribution in [0, 0.1) is 0 Å². The van der Waals surface area contributed by atoms with E-state index in [2.05, 4.69) is 10.6 Å². The quantitative estimate of drug-likeness (QED) is 0.895. The number of rotatable bonds is 3. The monoisotopic (exact) mass is 292 g/mol. The number of fused-ring (bicyclic) bond motifs is 1. The molecule has 0 saturated carbocycles. The van der Waals surface area contributed by atoms with Crippen molar-refractivity contribution in [3.63, 3.8) is 0 Å². The van der Waals surface area contributed by atoms with E-state index in [1.165, 1.54) is 0 Å². The Morgan fingerprint density at radius 3 is 2.81 bits per heavy atom. The number of nitrogens with one attached hydrogen (secondary N) is 2. The Balaban J connectivity index is 1.54. The van der Waals surface area contributed by atoms with Gasteiger partial charge in [0, 0.05) is 31.3 Å². The summed E-state index contributed by atoms with van der Waals surface area (Å²) >= 11 is 0. The molecule has 0 radical (unpaired) electrons. The van der Waals surface area contributed by atoms with Gasteiger partial charge < -0.3 is 24.8 Å². The Morgan fingerprint density at radius 2 is 2.00 bits per heavy atom. The zero-order chi connectivity index (χ0) is 14.5. The summed E-state index contributed by atoms with van der Waals surface area (Å²) in [6, 6.07) is 5.17. The third kappa shape index (κ3) is 3.78. The molecule has 2 N–H and O–H groups in total. The molecule has 1 aromatic rings. The van der Waals surface area contributed by atoms with Gasteiger partial charge in [-0.2, -0.15) is 0 Å². The molecule has 1 atom stereocenters. The number of carbonyl (C=O) groups is 1. The van der Waals surface area contributed by atoms with Crippen molar-refractivity contribution in [2.45, 2.75) is 25.4 Å². The van der Waals surface area contributed by atoms with Crippen LogP contribution in [0.15, 0.2) is 18.2 Å². The summed E-state index contributed by atoms with van der Waals surface area (Å²) in [5, 5.41) is 5.61. The van der Waals surface area contributed by atoms with E-state index in [1.807, 2.05) is 6.07 Å². The molecule has 0 aliphatic carbocycles. The lowest BCUT2D eigenvalue weighted by atomic mass is 10.2. The number of ether oxygens (including phenoxy) is 3. The molecule has 3 rings (SSSR count). The van der Waals surface area contributed by atoms with E-state index in [0.717, 1.165) is 31.6 Å². The summed E-state index contributed by atoms with van der Waals surface area (Å²) in [6.07, 6.45) is 3.07. The van der Waals surface area contributed by atoms with Crippen molar-refractivity contribution in [1.82, 2.24) is 5.32 Å². The average Bonchev–Trinajstić information content (AvgIpc) is 2.90. The van der Waals surface area contributed by atoms with Gasteiger partial charge in [-0.15, -0.1) is 0 Å². The van der Waals surface area contributed by atoms with Gasteiger partial charge in [-0.3, -0.25) is 0 Å². The van der Waals surface area contributed by atoms with E-state index in [1.54, 1.807) is 12.1 Å². The Morgan fingerprint density at radius 1 is 1.14 bits per heavy atom. The lowest BCUT2D eigenvalue weighted by molar-refractivity contribution is 0.112. The third-order valence-electron chi connectivity index (χ3n) is 3.52. The van der Waals surface area contributed by atoms with Crippen molar-refractivity contribution < 1.29 is 19.0 Å². The number of urea groups is 1. The molecule has 6 nitrogen and oxygen atoms in total. The lowest BCUT2D eigenvalue weighted by Crippen LogP contribution is -2.35. The molecule has 0 bridgehead atoms. The molecule has 1 aromatic carbocycles. The Hall–Kier alpha value is -1.95. The molecule has 21 heavy (non-hydrogen) atoms. The van der Waals surface area contributed by atoms with E-state index >= 15 is 0 Å². The van der Waals surface area contributed by atoms with Crippen molar-refractivity contribution in [3.8, 4) is 11.5 Å². The van der Waals surface area contributed by atoms with E-state index < -0.39 is 0 Å². The summed E-state index contributed by atoms with van der Waals surface area (Å²) < 4.78 is 16.6. The highest BCUT2D eigenvalue weighted by Gasteiger charge is 2.16. The second-order valence-electron chi connectivity index (χ2n) is 5.18. The van der Waals surface area contributed by atoms with Crippen molar-refractivity contribution >= 4 is 11.7 Å². The van der Waals surface area contributed by atoms with Gasteiger partial charge in [-0.1, -0.05) is 0 Å². The van der Waals surface area contributed by atoms with Crippen molar-refractivity contribution in [1.29, 1.82) is 0 Å². The zero-order valence-electron chi connectivity index (χ0n) is 11.9. The first kappa shape index (κ1) is 14.0. The van der Waals surface area contributed by atoms with Crippen LogP contribution < -0.4 is 20.1 Å². The van der Waals surface area contributed by atoms with Crippen molar-refractivity contribution in [2.24, 2.45) is 0 Å². The lowest BCUT2D eigenvalue weighted by Gasteiger charge is -2.13. The van der Waals surface area contributed by atoms with Crippen LogP contribution in [0.4, 0.5) is 10.5 Å². The zero-order valence-corrected chi connectivity index (χ0v) is 11.9. The van der Waals surface area contributed by atoms with Gasteiger partial charge in [-0.25, -0.2) is 4.79 Å². The molecular weight excluding hydrogens is 272 g/mol. The molecule has 1 unspecified atom stereocenters. The normalized spacial score (nSPS) is 20.7. The third-order valence-corrected chi connectivity index (χ3v) is 3.52. The molecule has 1 fully saturated rings. The summed E-state index contributed by atoms with van der Waals surface area (Å²) in [5.41, 5.74) is 0.684. The van der Waals surface area contributed by atoms with Gasteiger partial charge in [0.1, 0.15) is 0 Å². The van der Waals surface area contributed by atoms with Gasteiger partial charge >= 0.3 is 6.03 Å². The van der Waals surface area contributed by atoms with Gasteiger partial charge in [0.25, 0.3) is 0 Å². The minimum absolute atomic E-state index is 0.138. The predicted molar refractivity (Wildman–Crippen MR) is 78.0 cm³/mol. The standard InChI is InChI=1S/C15H20N2O4/c18-15(16-10-12-3-1-6-19-12)17-11-4-5-13-14(9-11)21-8-2-7-20-13/h4-5,9,12H,1-3,6-8,10H2,(H2,16,17,18). The molecule has 114 valence electrons. The second kappa shape index (κ2) is 6.67. The molecule has 6 heteroatoms.